The number of hydrogen-bond donors (Lipinski definition) is 0. The van der Waals surface area contributed by atoms with Crippen molar-refractivity contribution < 1.29 is 23.8 Å². The zero-order chi connectivity index (χ0) is 25.4. The zero-order valence-electron chi connectivity index (χ0n) is 21.0. The molecule has 0 N–H and O–H groups in total. The maximum Gasteiger partial charge on any atom is 0.437 e. The van der Waals surface area contributed by atoms with Crippen LogP contribution < -0.4 is 0 Å². The summed E-state index contributed by atoms with van der Waals surface area (Å²) in [4.78, 5) is 25.8. The monoisotopic (exact) mass is 490 g/mol. The fraction of sp³-hybridized carbons (Fsp3) is 0.407. The molecule has 36 heavy (non-hydrogen) atoms. The minimum absolute atomic E-state index is 0.257. The molecular formula is C27H30N4O5. The molecular weight excluding hydrogens is 460 g/mol. The molecule has 0 radical (unpaired) electrons. The smallest absolute Gasteiger partial charge is 0.437 e. The maximum atomic E-state index is 13.0. The van der Waals surface area contributed by atoms with Crippen LogP contribution in [0, 0.1) is 0 Å². The van der Waals surface area contributed by atoms with Crippen molar-refractivity contribution in [2.24, 2.45) is 0 Å². The van der Waals surface area contributed by atoms with Gasteiger partial charge in [-0.25, -0.2) is 9.59 Å². The Morgan fingerprint density at radius 2 is 1.86 bits per heavy atom. The summed E-state index contributed by atoms with van der Waals surface area (Å²) in [6, 6.07) is 13.5. The first-order valence-electron chi connectivity index (χ1n) is 12.2. The molecule has 0 spiro atoms. The molecule has 9 nitrogen and oxygen atoms in total. The highest BCUT2D eigenvalue weighted by atomic mass is 16.6. The molecule has 0 unspecified atom stereocenters. The molecule has 0 atom stereocenters. The van der Waals surface area contributed by atoms with E-state index in [4.69, 9.17) is 14.2 Å². The fourth-order valence-electron chi connectivity index (χ4n) is 4.68. The number of rotatable bonds is 4. The van der Waals surface area contributed by atoms with Crippen LogP contribution in [0.1, 0.15) is 62.5 Å². The van der Waals surface area contributed by atoms with Crippen molar-refractivity contribution in [1.29, 1.82) is 0 Å². The van der Waals surface area contributed by atoms with Gasteiger partial charge < -0.3 is 18.8 Å². The summed E-state index contributed by atoms with van der Waals surface area (Å²) in [7, 11) is 0. The van der Waals surface area contributed by atoms with Crippen molar-refractivity contribution in [2.45, 2.75) is 52.1 Å². The Morgan fingerprint density at radius 1 is 1.08 bits per heavy atom. The zero-order valence-corrected chi connectivity index (χ0v) is 21.0. The normalized spacial score (nSPS) is 14.9. The Bertz CT molecular complexity index is 1440. The molecule has 0 saturated carbocycles. The predicted octanol–water partition coefficient (Wildman–Crippen LogP) is 5.23. The number of benzene rings is 2. The van der Waals surface area contributed by atoms with E-state index in [1.54, 1.807) is 39.8 Å². The van der Waals surface area contributed by atoms with E-state index in [-0.39, 0.29) is 6.61 Å². The first kappa shape index (κ1) is 24.0. The number of carbonyl (C=O) groups excluding carboxylic acids is 2. The van der Waals surface area contributed by atoms with Gasteiger partial charge in [0.1, 0.15) is 22.3 Å². The van der Waals surface area contributed by atoms with Gasteiger partial charge in [-0.15, -0.1) is 9.78 Å². The van der Waals surface area contributed by atoms with Crippen LogP contribution in [0.2, 0.25) is 0 Å². The lowest BCUT2D eigenvalue weighted by atomic mass is 9.91. The molecule has 2 aromatic heterocycles. The van der Waals surface area contributed by atoms with Gasteiger partial charge in [0.05, 0.1) is 17.8 Å². The van der Waals surface area contributed by atoms with Gasteiger partial charge in [0, 0.05) is 18.6 Å². The van der Waals surface area contributed by atoms with Gasteiger partial charge in [0.2, 0.25) is 0 Å². The van der Waals surface area contributed by atoms with Gasteiger partial charge in [-0.05, 0) is 82.3 Å². The molecule has 5 rings (SSSR count). The first-order valence-corrected chi connectivity index (χ1v) is 12.2. The Morgan fingerprint density at radius 3 is 2.58 bits per heavy atom. The fourth-order valence-corrected chi connectivity index (χ4v) is 4.68. The van der Waals surface area contributed by atoms with Crippen LogP contribution in [-0.2, 0) is 14.2 Å². The van der Waals surface area contributed by atoms with Gasteiger partial charge in [-0.3, -0.25) is 0 Å². The largest absolute Gasteiger partial charge is 0.461 e. The van der Waals surface area contributed by atoms with Gasteiger partial charge in [-0.1, -0.05) is 17.3 Å². The minimum atomic E-state index is -0.678. The molecule has 3 heterocycles. The van der Waals surface area contributed by atoms with Crippen LogP contribution >= 0.6 is 0 Å². The lowest BCUT2D eigenvalue weighted by molar-refractivity contribution is 0.0508. The number of ether oxygens (including phenoxy) is 3. The van der Waals surface area contributed by atoms with E-state index in [2.05, 4.69) is 22.4 Å². The number of carbonyl (C=O) groups is 2. The molecule has 1 fully saturated rings. The summed E-state index contributed by atoms with van der Waals surface area (Å²) >= 11 is 0. The van der Waals surface area contributed by atoms with Gasteiger partial charge >= 0.3 is 12.1 Å². The lowest BCUT2D eigenvalue weighted by Gasteiger charge is -2.22. The average molecular weight is 491 g/mol. The van der Waals surface area contributed by atoms with E-state index in [1.165, 1.54) is 5.56 Å². The number of esters is 1. The molecule has 0 aliphatic carbocycles. The van der Waals surface area contributed by atoms with Crippen molar-refractivity contribution >= 4 is 34.0 Å². The first-order chi connectivity index (χ1) is 17.3. The average Bonchev–Trinajstić information content (AvgIpc) is 3.45. The van der Waals surface area contributed by atoms with Crippen LogP contribution in [0.25, 0.3) is 27.6 Å². The SMILES string of the molecule is CCOC(=O)c1cc2cc(C3CCOCC3)ccc2n1-c1cccc2c1nnn2C(=O)OC(C)(C)C. The van der Waals surface area contributed by atoms with Gasteiger partial charge in [0.15, 0.2) is 0 Å². The second-order valence-electron chi connectivity index (χ2n) is 9.92. The lowest BCUT2D eigenvalue weighted by Crippen LogP contribution is -2.27. The van der Waals surface area contributed by atoms with E-state index in [1.807, 2.05) is 22.8 Å². The number of fused-ring (bicyclic) bond motifs is 2. The topological polar surface area (TPSA) is 97.5 Å². The molecule has 0 amide bonds. The molecule has 188 valence electrons. The highest BCUT2D eigenvalue weighted by Gasteiger charge is 2.25. The Balaban J connectivity index is 1.66. The third-order valence-electron chi connectivity index (χ3n) is 6.27. The van der Waals surface area contributed by atoms with Crippen LogP contribution in [0.5, 0.6) is 0 Å². The van der Waals surface area contributed by atoms with Crippen molar-refractivity contribution in [1.82, 2.24) is 19.6 Å². The quantitative estimate of drug-likeness (QED) is 0.361. The highest BCUT2D eigenvalue weighted by molar-refractivity contribution is 6.00. The second kappa shape index (κ2) is 9.39. The Kier molecular flexibility index (Phi) is 6.26. The molecule has 9 heteroatoms. The summed E-state index contributed by atoms with van der Waals surface area (Å²) < 4.78 is 19.4. The van der Waals surface area contributed by atoms with E-state index in [0.717, 1.165) is 41.6 Å². The van der Waals surface area contributed by atoms with E-state index >= 15 is 0 Å². The standard InChI is InChI=1S/C27H30N4O5/c1-5-35-25(32)23-16-19-15-18(17-11-13-34-14-12-17)9-10-20(19)30(23)21-7-6-8-22-24(21)28-29-31(22)26(33)36-27(2,3)4/h6-10,15-17H,5,11-14H2,1-4H3. The summed E-state index contributed by atoms with van der Waals surface area (Å²) in [5.74, 6) is -0.00689. The third kappa shape index (κ3) is 4.46. The molecule has 1 aliphatic rings. The van der Waals surface area contributed by atoms with Crippen LogP contribution in [0.15, 0.2) is 42.5 Å². The van der Waals surface area contributed by atoms with Gasteiger partial charge in [-0.2, -0.15) is 0 Å². The van der Waals surface area contributed by atoms with E-state index < -0.39 is 17.7 Å². The molecule has 1 aliphatic heterocycles. The number of hydrogen-bond acceptors (Lipinski definition) is 7. The molecule has 2 aromatic carbocycles. The predicted molar refractivity (Wildman–Crippen MR) is 135 cm³/mol. The molecule has 4 aromatic rings. The summed E-state index contributed by atoms with van der Waals surface area (Å²) in [6.07, 6.45) is 1.33. The summed E-state index contributed by atoms with van der Waals surface area (Å²) in [5.41, 5.74) is 3.36. The van der Waals surface area contributed by atoms with Gasteiger partial charge in [0.25, 0.3) is 0 Å². The van der Waals surface area contributed by atoms with Crippen LogP contribution in [0.3, 0.4) is 0 Å². The molecule has 0 bridgehead atoms. The maximum absolute atomic E-state index is 13.0. The summed E-state index contributed by atoms with van der Waals surface area (Å²) in [6.45, 7) is 8.93. The van der Waals surface area contributed by atoms with Crippen molar-refractivity contribution in [3.8, 4) is 5.69 Å². The summed E-state index contributed by atoms with van der Waals surface area (Å²) in [5, 5.41) is 9.29. The Hall–Kier alpha value is -3.72. The number of aromatic nitrogens is 4. The third-order valence-corrected chi connectivity index (χ3v) is 6.27. The highest BCUT2D eigenvalue weighted by Crippen LogP contribution is 2.33. The van der Waals surface area contributed by atoms with Crippen LogP contribution in [-0.4, -0.2) is 57.0 Å². The minimum Gasteiger partial charge on any atom is -0.461 e. The molecule has 1 saturated heterocycles. The van der Waals surface area contributed by atoms with Crippen LogP contribution in [0.4, 0.5) is 4.79 Å². The van der Waals surface area contributed by atoms with Crippen molar-refractivity contribution in [2.75, 3.05) is 19.8 Å². The Labute approximate surface area is 208 Å². The second-order valence-corrected chi connectivity index (χ2v) is 9.92. The van der Waals surface area contributed by atoms with E-state index in [9.17, 15) is 9.59 Å². The van der Waals surface area contributed by atoms with E-state index in [0.29, 0.717) is 28.3 Å². The van der Waals surface area contributed by atoms with Crippen molar-refractivity contribution in [3.63, 3.8) is 0 Å². The van der Waals surface area contributed by atoms with Crippen molar-refractivity contribution in [3.05, 3.63) is 53.7 Å². The number of nitrogens with zero attached hydrogens (tertiary/aromatic N) is 4.